The number of hydrogen-bond acceptors (Lipinski definition) is 3. The lowest BCUT2D eigenvalue weighted by atomic mass is 10.1. The first-order valence-electron chi connectivity index (χ1n) is 6.70. The van der Waals surface area contributed by atoms with Gasteiger partial charge in [0.15, 0.2) is 0 Å². The predicted octanol–water partition coefficient (Wildman–Crippen LogP) is 1.96. The smallest absolute Gasteiger partial charge is 0.319 e. The summed E-state index contributed by atoms with van der Waals surface area (Å²) in [5.74, 6) is 0.776. The Morgan fingerprint density at radius 1 is 1.42 bits per heavy atom. The van der Waals surface area contributed by atoms with E-state index in [0.29, 0.717) is 12.6 Å². The van der Waals surface area contributed by atoms with Gasteiger partial charge >= 0.3 is 6.03 Å². The van der Waals surface area contributed by atoms with Crippen molar-refractivity contribution < 1.29 is 9.53 Å². The van der Waals surface area contributed by atoms with Crippen LogP contribution in [0.2, 0.25) is 0 Å². The second-order valence-electron chi connectivity index (χ2n) is 4.69. The maximum Gasteiger partial charge on any atom is 0.319 e. The molecule has 5 nitrogen and oxygen atoms in total. The summed E-state index contributed by atoms with van der Waals surface area (Å²) in [6.07, 6.45) is 3.43. The molecular weight excluding hydrogens is 242 g/mol. The molecule has 2 amide bonds. The zero-order valence-corrected chi connectivity index (χ0v) is 11.2. The first-order valence-corrected chi connectivity index (χ1v) is 6.70. The van der Waals surface area contributed by atoms with Crippen LogP contribution in [0, 0.1) is 0 Å². The van der Waals surface area contributed by atoms with Crippen molar-refractivity contribution in [2.45, 2.75) is 25.3 Å². The number of benzene rings is 1. The Labute approximate surface area is 113 Å². The van der Waals surface area contributed by atoms with Crippen LogP contribution >= 0.6 is 0 Å². The van der Waals surface area contributed by atoms with Gasteiger partial charge in [-0.1, -0.05) is 0 Å². The van der Waals surface area contributed by atoms with Crippen molar-refractivity contribution in [3.63, 3.8) is 0 Å². The van der Waals surface area contributed by atoms with Crippen molar-refractivity contribution in [2.24, 2.45) is 0 Å². The Morgan fingerprint density at radius 3 is 2.84 bits per heavy atom. The van der Waals surface area contributed by atoms with Crippen molar-refractivity contribution in [3.05, 3.63) is 24.3 Å². The molecule has 1 aliphatic heterocycles. The average Bonchev–Trinajstić information content (AvgIpc) is 2.93. The highest BCUT2D eigenvalue weighted by Crippen LogP contribution is 2.14. The van der Waals surface area contributed by atoms with Gasteiger partial charge < -0.3 is 20.7 Å². The quantitative estimate of drug-likeness (QED) is 0.761. The lowest BCUT2D eigenvalue weighted by Crippen LogP contribution is -2.33. The van der Waals surface area contributed by atoms with E-state index in [4.69, 9.17) is 4.74 Å². The van der Waals surface area contributed by atoms with Gasteiger partial charge in [0.25, 0.3) is 0 Å². The molecule has 1 atom stereocenters. The number of carbonyl (C=O) groups excluding carboxylic acids is 1. The highest BCUT2D eigenvalue weighted by molar-refractivity contribution is 5.89. The monoisotopic (exact) mass is 263 g/mol. The molecule has 1 heterocycles. The van der Waals surface area contributed by atoms with Gasteiger partial charge in [-0.3, -0.25) is 0 Å². The summed E-state index contributed by atoms with van der Waals surface area (Å²) in [6, 6.07) is 7.66. The Bertz CT molecular complexity index is 400. The molecule has 0 radical (unpaired) electrons. The van der Waals surface area contributed by atoms with Gasteiger partial charge in [0.05, 0.1) is 7.11 Å². The molecule has 19 heavy (non-hydrogen) atoms. The second-order valence-corrected chi connectivity index (χ2v) is 4.69. The van der Waals surface area contributed by atoms with Crippen LogP contribution in [0.15, 0.2) is 24.3 Å². The van der Waals surface area contributed by atoms with E-state index in [9.17, 15) is 4.79 Å². The summed E-state index contributed by atoms with van der Waals surface area (Å²) in [5, 5.41) is 9.07. The molecule has 0 bridgehead atoms. The number of ether oxygens (including phenoxy) is 1. The van der Waals surface area contributed by atoms with Crippen LogP contribution in [0.5, 0.6) is 5.75 Å². The third kappa shape index (κ3) is 4.44. The molecule has 5 heteroatoms. The van der Waals surface area contributed by atoms with Crippen LogP contribution in [0.1, 0.15) is 19.3 Å². The van der Waals surface area contributed by atoms with Crippen LogP contribution in [-0.4, -0.2) is 32.3 Å². The number of anilines is 1. The van der Waals surface area contributed by atoms with Gasteiger partial charge in [-0.05, 0) is 50.1 Å². The van der Waals surface area contributed by atoms with E-state index in [1.807, 2.05) is 24.3 Å². The number of nitrogens with one attached hydrogen (secondary N) is 3. The van der Waals surface area contributed by atoms with E-state index in [1.54, 1.807) is 7.11 Å². The number of methoxy groups -OCH3 is 1. The Hall–Kier alpha value is -1.75. The van der Waals surface area contributed by atoms with Crippen LogP contribution in [0.3, 0.4) is 0 Å². The minimum Gasteiger partial charge on any atom is -0.497 e. The maximum absolute atomic E-state index is 11.7. The topological polar surface area (TPSA) is 62.4 Å². The standard InChI is InChI=1S/C14H21N3O2/c1-19-13-6-4-12(5-7-13)17-14(18)16-10-8-11-3-2-9-15-11/h4-7,11,15H,2-3,8-10H2,1H3,(H2,16,17,18)/t11-/m0/s1. The molecule has 1 aromatic carbocycles. The zero-order valence-electron chi connectivity index (χ0n) is 11.2. The molecule has 3 N–H and O–H groups in total. The number of rotatable bonds is 5. The molecular formula is C14H21N3O2. The highest BCUT2D eigenvalue weighted by Gasteiger charge is 2.13. The van der Waals surface area contributed by atoms with Crippen molar-refractivity contribution in [2.75, 3.05) is 25.5 Å². The lowest BCUT2D eigenvalue weighted by molar-refractivity contribution is 0.251. The molecule has 0 aromatic heterocycles. The van der Waals surface area contributed by atoms with Gasteiger partial charge in [0.1, 0.15) is 5.75 Å². The van der Waals surface area contributed by atoms with Gasteiger partial charge in [-0.2, -0.15) is 0 Å². The van der Waals surface area contributed by atoms with E-state index in [1.165, 1.54) is 12.8 Å². The van der Waals surface area contributed by atoms with E-state index < -0.39 is 0 Å². The van der Waals surface area contributed by atoms with Crippen LogP contribution in [0.25, 0.3) is 0 Å². The summed E-state index contributed by atoms with van der Waals surface area (Å²) in [5.41, 5.74) is 0.761. The fourth-order valence-corrected chi connectivity index (χ4v) is 2.21. The van der Waals surface area contributed by atoms with Crippen molar-refractivity contribution in [3.8, 4) is 5.75 Å². The minimum absolute atomic E-state index is 0.164. The SMILES string of the molecule is COc1ccc(NC(=O)NCC[C@@H]2CCCN2)cc1. The third-order valence-corrected chi connectivity index (χ3v) is 3.29. The molecule has 1 saturated heterocycles. The summed E-state index contributed by atoms with van der Waals surface area (Å²) >= 11 is 0. The molecule has 0 unspecified atom stereocenters. The molecule has 0 aliphatic carbocycles. The highest BCUT2D eigenvalue weighted by atomic mass is 16.5. The molecule has 2 rings (SSSR count). The fourth-order valence-electron chi connectivity index (χ4n) is 2.21. The number of carbonyl (C=O) groups is 1. The average molecular weight is 263 g/mol. The van der Waals surface area contributed by atoms with Gasteiger partial charge in [0, 0.05) is 18.3 Å². The molecule has 0 saturated carbocycles. The number of urea groups is 1. The summed E-state index contributed by atoms with van der Waals surface area (Å²) < 4.78 is 5.06. The minimum atomic E-state index is -0.164. The van der Waals surface area contributed by atoms with Crippen LogP contribution in [0.4, 0.5) is 10.5 Å². The maximum atomic E-state index is 11.7. The molecule has 1 aliphatic rings. The lowest BCUT2D eigenvalue weighted by Gasteiger charge is -2.11. The van der Waals surface area contributed by atoms with E-state index in [-0.39, 0.29) is 6.03 Å². The third-order valence-electron chi connectivity index (χ3n) is 3.29. The van der Waals surface area contributed by atoms with Crippen LogP contribution in [-0.2, 0) is 0 Å². The molecule has 1 aromatic rings. The Balaban J connectivity index is 1.68. The van der Waals surface area contributed by atoms with Crippen LogP contribution < -0.4 is 20.7 Å². The first kappa shape index (κ1) is 13.7. The number of amides is 2. The van der Waals surface area contributed by atoms with E-state index in [2.05, 4.69) is 16.0 Å². The summed E-state index contributed by atoms with van der Waals surface area (Å²) in [4.78, 5) is 11.7. The van der Waals surface area contributed by atoms with E-state index >= 15 is 0 Å². The largest absolute Gasteiger partial charge is 0.497 e. The van der Waals surface area contributed by atoms with Crippen molar-refractivity contribution in [1.82, 2.24) is 10.6 Å². The zero-order chi connectivity index (χ0) is 13.5. The Morgan fingerprint density at radius 2 is 2.21 bits per heavy atom. The second kappa shape index (κ2) is 6.99. The van der Waals surface area contributed by atoms with Crippen molar-refractivity contribution in [1.29, 1.82) is 0 Å². The summed E-state index contributed by atoms with van der Waals surface area (Å²) in [6.45, 7) is 1.79. The predicted molar refractivity (Wildman–Crippen MR) is 75.7 cm³/mol. The summed E-state index contributed by atoms with van der Waals surface area (Å²) in [7, 11) is 1.62. The van der Waals surface area contributed by atoms with Gasteiger partial charge in [-0.25, -0.2) is 4.79 Å². The Kier molecular flexibility index (Phi) is 5.03. The fraction of sp³-hybridized carbons (Fsp3) is 0.500. The first-order chi connectivity index (χ1) is 9.28. The molecule has 0 spiro atoms. The van der Waals surface area contributed by atoms with Gasteiger partial charge in [0.2, 0.25) is 0 Å². The van der Waals surface area contributed by atoms with Gasteiger partial charge in [-0.15, -0.1) is 0 Å². The number of hydrogen-bond donors (Lipinski definition) is 3. The molecule has 1 fully saturated rings. The van der Waals surface area contributed by atoms with E-state index in [0.717, 1.165) is 24.4 Å². The normalized spacial score (nSPS) is 18.1. The molecule has 104 valence electrons. The van der Waals surface area contributed by atoms with Crippen molar-refractivity contribution >= 4 is 11.7 Å².